The van der Waals surface area contributed by atoms with Crippen molar-refractivity contribution in [3.8, 4) is 0 Å². The van der Waals surface area contributed by atoms with Crippen LogP contribution in [0, 0.1) is 28.6 Å². The molecule has 5 heteroatoms. The Kier molecular flexibility index (Phi) is 4.03. The van der Waals surface area contributed by atoms with Gasteiger partial charge in [-0.05, 0) is 87.5 Å². The van der Waals surface area contributed by atoms with Crippen molar-refractivity contribution in [2.75, 3.05) is 0 Å². The van der Waals surface area contributed by atoms with Gasteiger partial charge in [-0.2, -0.15) is 10.2 Å². The Labute approximate surface area is 157 Å². The lowest BCUT2D eigenvalue weighted by atomic mass is 9.46. The van der Waals surface area contributed by atoms with Crippen molar-refractivity contribution < 1.29 is 5.11 Å². The van der Waals surface area contributed by atoms with Gasteiger partial charge in [-0.15, -0.1) is 0 Å². The van der Waals surface area contributed by atoms with Crippen molar-refractivity contribution >= 4 is 11.4 Å². The number of hydrogen-bond acceptors (Lipinski definition) is 5. The highest BCUT2D eigenvalue weighted by Crippen LogP contribution is 2.67. The fraction of sp³-hybridized carbons (Fsp3) is 0.810. The number of hydrazone groups is 2. The summed E-state index contributed by atoms with van der Waals surface area (Å²) < 4.78 is 0. The van der Waals surface area contributed by atoms with Crippen LogP contribution >= 0.6 is 0 Å². The first-order valence-electron chi connectivity index (χ1n) is 10.3. The van der Waals surface area contributed by atoms with Crippen molar-refractivity contribution in [2.45, 2.75) is 77.7 Å². The smallest absolute Gasteiger partial charge is 0.110 e. The van der Waals surface area contributed by atoms with Gasteiger partial charge in [-0.1, -0.05) is 19.4 Å². The Hall–Kier alpha value is -1.36. The van der Waals surface area contributed by atoms with Crippen LogP contribution in [-0.2, 0) is 0 Å². The number of rotatable bonds is 1. The molecular weight excluding hydrogens is 324 g/mol. The Morgan fingerprint density at radius 1 is 1.08 bits per heavy atom. The van der Waals surface area contributed by atoms with Gasteiger partial charge in [0.2, 0.25) is 0 Å². The monoisotopic (exact) mass is 358 g/mol. The van der Waals surface area contributed by atoms with Crippen LogP contribution in [0.1, 0.15) is 72.1 Å². The molecule has 5 N–H and O–H groups in total. The van der Waals surface area contributed by atoms with E-state index in [1.54, 1.807) is 5.57 Å². The molecule has 0 bridgehead atoms. The number of nitrogens with zero attached hydrogens (tertiary/aromatic N) is 2. The third-order valence-corrected chi connectivity index (χ3v) is 9.09. The van der Waals surface area contributed by atoms with E-state index in [-0.39, 0.29) is 10.8 Å². The topological polar surface area (TPSA) is 97.0 Å². The highest BCUT2D eigenvalue weighted by molar-refractivity contribution is 5.96. The third kappa shape index (κ3) is 2.12. The molecule has 144 valence electrons. The molecule has 26 heavy (non-hydrogen) atoms. The van der Waals surface area contributed by atoms with Gasteiger partial charge < -0.3 is 16.8 Å². The molecule has 0 aliphatic heterocycles. The maximum atomic E-state index is 11.5. The second kappa shape index (κ2) is 5.82. The Balaban J connectivity index is 1.68. The van der Waals surface area contributed by atoms with E-state index in [1.807, 2.05) is 6.92 Å². The molecule has 5 nitrogen and oxygen atoms in total. The first kappa shape index (κ1) is 18.0. The zero-order chi connectivity index (χ0) is 18.7. The Morgan fingerprint density at radius 3 is 2.50 bits per heavy atom. The number of nitrogens with two attached hydrogens (primary N) is 2. The lowest BCUT2D eigenvalue weighted by Gasteiger charge is -2.59. The molecule has 0 aromatic rings. The van der Waals surface area contributed by atoms with Crippen LogP contribution in [0.15, 0.2) is 21.9 Å². The molecule has 0 aromatic carbocycles. The summed E-state index contributed by atoms with van der Waals surface area (Å²) in [5.41, 5.74) is 2.67. The van der Waals surface area contributed by atoms with Crippen LogP contribution in [0.2, 0.25) is 0 Å². The average molecular weight is 359 g/mol. The van der Waals surface area contributed by atoms with Gasteiger partial charge >= 0.3 is 0 Å². The van der Waals surface area contributed by atoms with E-state index in [2.05, 4.69) is 30.1 Å². The molecule has 4 aliphatic carbocycles. The minimum Gasteiger partial charge on any atom is -0.383 e. The van der Waals surface area contributed by atoms with Crippen molar-refractivity contribution in [1.29, 1.82) is 0 Å². The molecule has 6 atom stereocenters. The molecule has 4 aliphatic rings. The first-order chi connectivity index (χ1) is 12.3. The van der Waals surface area contributed by atoms with Gasteiger partial charge in [0.25, 0.3) is 0 Å². The second-order valence-electron chi connectivity index (χ2n) is 9.69. The molecule has 4 rings (SSSR count). The summed E-state index contributed by atoms with van der Waals surface area (Å²) >= 11 is 0. The fourth-order valence-corrected chi connectivity index (χ4v) is 7.39. The quantitative estimate of drug-likeness (QED) is 0.381. The summed E-state index contributed by atoms with van der Waals surface area (Å²) in [5.74, 6) is 13.1. The summed E-state index contributed by atoms with van der Waals surface area (Å²) in [7, 11) is 0. The van der Waals surface area contributed by atoms with E-state index in [0.29, 0.717) is 23.5 Å². The highest BCUT2D eigenvalue weighted by Gasteiger charge is 2.64. The van der Waals surface area contributed by atoms with Crippen molar-refractivity contribution in [3.05, 3.63) is 11.6 Å². The van der Waals surface area contributed by atoms with Crippen LogP contribution in [0.3, 0.4) is 0 Å². The molecule has 0 radical (unpaired) electrons. The third-order valence-electron chi connectivity index (χ3n) is 9.09. The van der Waals surface area contributed by atoms with E-state index < -0.39 is 5.60 Å². The van der Waals surface area contributed by atoms with Crippen LogP contribution in [0.5, 0.6) is 0 Å². The fourth-order valence-electron chi connectivity index (χ4n) is 7.39. The SMILES string of the molecule is C/C(=N\N)[C@@]1(O)CC[C@@H]2[C@H]3CCC4=C/C(=N/N)CC[C@]4(C)[C@H]3CC[C@@]21C. The molecule has 0 aromatic heterocycles. The van der Waals surface area contributed by atoms with Crippen LogP contribution < -0.4 is 11.7 Å². The molecule has 3 fully saturated rings. The van der Waals surface area contributed by atoms with Gasteiger partial charge in [0.05, 0.1) is 11.4 Å². The lowest BCUT2D eigenvalue weighted by Crippen LogP contribution is -2.57. The van der Waals surface area contributed by atoms with E-state index in [9.17, 15) is 5.11 Å². The predicted molar refractivity (Wildman–Crippen MR) is 106 cm³/mol. The molecular formula is C21H34N4O. The second-order valence-corrected chi connectivity index (χ2v) is 9.69. The normalized spacial score (nSPS) is 50.0. The van der Waals surface area contributed by atoms with Crippen molar-refractivity contribution in [2.24, 2.45) is 50.5 Å². The molecule has 0 spiro atoms. The Morgan fingerprint density at radius 2 is 1.81 bits per heavy atom. The zero-order valence-electron chi connectivity index (χ0n) is 16.5. The summed E-state index contributed by atoms with van der Waals surface area (Å²) in [6.45, 7) is 6.67. The minimum absolute atomic E-state index is 0.1000. The van der Waals surface area contributed by atoms with Crippen LogP contribution in [0.25, 0.3) is 0 Å². The number of hydrogen-bond donors (Lipinski definition) is 3. The summed E-state index contributed by atoms with van der Waals surface area (Å²) in [4.78, 5) is 0. The molecule has 0 heterocycles. The van der Waals surface area contributed by atoms with E-state index in [4.69, 9.17) is 11.7 Å². The molecule has 0 unspecified atom stereocenters. The number of allylic oxidation sites excluding steroid dienone is 2. The van der Waals surface area contributed by atoms with Crippen LogP contribution in [-0.4, -0.2) is 22.1 Å². The van der Waals surface area contributed by atoms with E-state index in [1.165, 1.54) is 12.8 Å². The first-order valence-corrected chi connectivity index (χ1v) is 10.3. The maximum absolute atomic E-state index is 11.5. The summed E-state index contributed by atoms with van der Waals surface area (Å²) in [6.07, 6.45) is 10.9. The maximum Gasteiger partial charge on any atom is 0.110 e. The zero-order valence-corrected chi connectivity index (χ0v) is 16.5. The Bertz CT molecular complexity index is 698. The molecule has 0 saturated heterocycles. The lowest BCUT2D eigenvalue weighted by molar-refractivity contribution is -0.0945. The standard InChI is InChI=1S/C21H34N4O/c1-13(24-22)21(26)11-8-18-16-5-4-14-12-15(25-23)6-9-19(14,2)17(16)7-10-20(18,21)3/h12,16-18,26H,4-11,22-23H2,1-3H3/b24-13+,25-15+/t16-,17-,18+,19-,20-,21-/m0/s1. The predicted octanol–water partition coefficient (Wildman–Crippen LogP) is 3.33. The average Bonchev–Trinajstić information content (AvgIpc) is 2.92. The van der Waals surface area contributed by atoms with E-state index >= 15 is 0 Å². The number of aliphatic hydroxyl groups is 1. The molecule has 3 saturated carbocycles. The van der Waals surface area contributed by atoms with Crippen molar-refractivity contribution in [3.63, 3.8) is 0 Å². The van der Waals surface area contributed by atoms with Gasteiger partial charge in [0.15, 0.2) is 0 Å². The highest BCUT2D eigenvalue weighted by atomic mass is 16.3. The van der Waals surface area contributed by atoms with Crippen LogP contribution in [0.4, 0.5) is 0 Å². The van der Waals surface area contributed by atoms with E-state index in [0.717, 1.165) is 44.2 Å². The van der Waals surface area contributed by atoms with Gasteiger partial charge in [-0.3, -0.25) is 0 Å². The molecule has 0 amide bonds. The summed E-state index contributed by atoms with van der Waals surface area (Å²) in [6, 6.07) is 0. The minimum atomic E-state index is -0.833. The van der Waals surface area contributed by atoms with Gasteiger partial charge in [0, 0.05) is 5.41 Å². The summed E-state index contributed by atoms with van der Waals surface area (Å²) in [5, 5.41) is 19.4. The largest absolute Gasteiger partial charge is 0.383 e. The van der Waals surface area contributed by atoms with Gasteiger partial charge in [0.1, 0.15) is 5.60 Å². The van der Waals surface area contributed by atoms with Gasteiger partial charge in [-0.25, -0.2) is 0 Å². The van der Waals surface area contributed by atoms with Crippen molar-refractivity contribution in [1.82, 2.24) is 0 Å². The number of fused-ring (bicyclic) bond motifs is 5.